The lowest BCUT2D eigenvalue weighted by Crippen LogP contribution is -2.28. The molecule has 12 nitrogen and oxygen atoms in total. The highest BCUT2D eigenvalue weighted by Gasteiger charge is 2.16. The summed E-state index contributed by atoms with van der Waals surface area (Å²) >= 11 is 0. The van der Waals surface area contributed by atoms with E-state index in [-0.39, 0.29) is 26.0 Å². The molecule has 0 unspecified atom stereocenters. The molecule has 2 atom stereocenters. The number of aliphatic hydroxyl groups excluding tert-OH is 2. The smallest absolute Gasteiger partial charge is 0.306 e. The minimum absolute atomic E-state index is 0.0878. The highest BCUT2D eigenvalue weighted by Crippen LogP contribution is 2.34. The van der Waals surface area contributed by atoms with Crippen LogP contribution in [0.4, 0.5) is 0 Å². The van der Waals surface area contributed by atoms with E-state index in [1.165, 1.54) is 6.20 Å². The lowest BCUT2D eigenvalue weighted by atomic mass is 9.92. The monoisotopic (exact) mass is 801 g/mol. The Bertz CT molecular complexity index is 2250. The zero-order chi connectivity index (χ0) is 42.3. The number of aliphatic carboxylic acids is 2. The third kappa shape index (κ3) is 13.1. The van der Waals surface area contributed by atoms with E-state index in [0.29, 0.717) is 49.7 Å². The Balaban J connectivity index is 1.26. The van der Waals surface area contributed by atoms with Gasteiger partial charge in [-0.15, -0.1) is 0 Å². The van der Waals surface area contributed by atoms with Gasteiger partial charge in [-0.05, 0) is 109 Å². The van der Waals surface area contributed by atoms with E-state index in [1.54, 1.807) is 12.3 Å². The SMILES string of the molecule is Cc1cc(CNC[C@@H](O)CC(=O)O)c(OCc2cncc(C#N)c2)cc1OCc1cccc(-c2cccc(COc3ccc(CCC[C@@H](O)CC(=O)O)cc3)c2C)c1C. The predicted molar refractivity (Wildman–Crippen MR) is 222 cm³/mol. The Morgan fingerprint density at radius 3 is 2.00 bits per heavy atom. The van der Waals surface area contributed by atoms with Crippen molar-refractivity contribution in [3.63, 3.8) is 0 Å². The Morgan fingerprint density at radius 1 is 0.729 bits per heavy atom. The van der Waals surface area contributed by atoms with Crippen molar-refractivity contribution in [2.45, 2.75) is 91.4 Å². The first-order valence-electron chi connectivity index (χ1n) is 19.5. The number of nitrogens with one attached hydrogen (secondary N) is 1. The number of pyridine rings is 1. The molecule has 0 aliphatic heterocycles. The van der Waals surface area contributed by atoms with Crippen LogP contribution < -0.4 is 19.5 Å². The Kier molecular flexibility index (Phi) is 16.0. The number of nitrogens with zero attached hydrogens (tertiary/aromatic N) is 2. The molecule has 4 aromatic carbocycles. The molecule has 1 aromatic heterocycles. The van der Waals surface area contributed by atoms with E-state index >= 15 is 0 Å². The number of rotatable bonds is 22. The number of aryl methyl sites for hydroxylation is 2. The molecule has 0 radical (unpaired) electrons. The van der Waals surface area contributed by atoms with Crippen LogP contribution >= 0.6 is 0 Å². The van der Waals surface area contributed by atoms with Crippen molar-refractivity contribution in [3.8, 4) is 34.4 Å². The van der Waals surface area contributed by atoms with Crippen molar-refractivity contribution in [3.05, 3.63) is 141 Å². The summed E-state index contributed by atoms with van der Waals surface area (Å²) in [4.78, 5) is 25.9. The second-order valence-electron chi connectivity index (χ2n) is 14.6. The molecular weight excluding hydrogens is 751 g/mol. The fourth-order valence-electron chi connectivity index (χ4n) is 6.77. The molecule has 5 aromatic rings. The number of carboxylic acids is 2. The fourth-order valence-corrected chi connectivity index (χ4v) is 6.77. The van der Waals surface area contributed by atoms with Crippen molar-refractivity contribution >= 4 is 11.9 Å². The number of hydrogen-bond acceptors (Lipinski definition) is 10. The number of hydrogen-bond donors (Lipinski definition) is 5. The van der Waals surface area contributed by atoms with Crippen LogP contribution in [0.25, 0.3) is 11.1 Å². The maximum Gasteiger partial charge on any atom is 0.306 e. The Hall–Kier alpha value is -6.26. The Labute approximate surface area is 344 Å². The van der Waals surface area contributed by atoms with Crippen molar-refractivity contribution in [2.24, 2.45) is 0 Å². The van der Waals surface area contributed by atoms with Crippen LogP contribution in [0.15, 0.2) is 91.3 Å². The van der Waals surface area contributed by atoms with Crippen LogP contribution in [0.2, 0.25) is 0 Å². The first-order chi connectivity index (χ1) is 28.4. The second-order valence-corrected chi connectivity index (χ2v) is 14.6. The summed E-state index contributed by atoms with van der Waals surface area (Å²) in [6.07, 6.45) is 2.52. The summed E-state index contributed by atoms with van der Waals surface area (Å²) in [6.45, 7) is 7.37. The number of nitriles is 1. The topological polar surface area (TPSA) is 191 Å². The lowest BCUT2D eigenvalue weighted by Gasteiger charge is -2.19. The highest BCUT2D eigenvalue weighted by molar-refractivity contribution is 5.72. The highest BCUT2D eigenvalue weighted by atomic mass is 16.5. The quantitative estimate of drug-likeness (QED) is 0.0468. The van der Waals surface area contributed by atoms with Crippen molar-refractivity contribution in [1.82, 2.24) is 10.3 Å². The number of aromatic nitrogens is 1. The summed E-state index contributed by atoms with van der Waals surface area (Å²) < 4.78 is 18.9. The molecular formula is C47H51N3O9. The van der Waals surface area contributed by atoms with Gasteiger partial charge in [0.25, 0.3) is 0 Å². The maximum absolute atomic E-state index is 11.0. The molecule has 0 saturated carbocycles. The number of carbonyl (C=O) groups is 2. The molecule has 5 N–H and O–H groups in total. The molecule has 0 bridgehead atoms. The molecule has 0 spiro atoms. The standard InChI is InChI=1S/C47H51N3O9/c1-30-17-38(25-50-26-40(52)20-47(55)56)45(58-27-35-18-34(22-48)23-49-24-35)21-44(30)59-29-37-9-6-12-43(32(37)3)42-11-5-8-36(31(42)2)28-57-41-15-13-33(14-16-41)7-4-10-39(51)19-46(53)54/h5-6,8-9,11-18,21,23-24,39-40,50-52H,4,7,10,19-20,25-29H2,1-3H3,(H,53,54)(H,55,56)/t39-,40+/m1/s1. The van der Waals surface area contributed by atoms with Gasteiger partial charge < -0.3 is 40.0 Å². The van der Waals surface area contributed by atoms with Crippen molar-refractivity contribution in [1.29, 1.82) is 5.26 Å². The molecule has 0 aliphatic rings. The molecule has 5 rings (SSSR count). The van der Waals surface area contributed by atoms with Gasteiger partial charge in [0.05, 0.1) is 30.6 Å². The molecule has 12 heteroatoms. The van der Waals surface area contributed by atoms with Crippen molar-refractivity contribution < 1.29 is 44.2 Å². The van der Waals surface area contributed by atoms with Gasteiger partial charge in [0.15, 0.2) is 0 Å². The van der Waals surface area contributed by atoms with Crippen LogP contribution in [0.1, 0.15) is 75.8 Å². The van der Waals surface area contributed by atoms with E-state index in [9.17, 15) is 25.1 Å². The minimum atomic E-state index is -1.08. The molecule has 0 amide bonds. The normalized spacial score (nSPS) is 12.0. The zero-order valence-electron chi connectivity index (χ0n) is 33.6. The van der Waals surface area contributed by atoms with Crippen LogP contribution in [0.5, 0.6) is 17.2 Å². The molecule has 0 fully saturated rings. The van der Waals surface area contributed by atoms with Crippen LogP contribution in [0.3, 0.4) is 0 Å². The molecule has 308 valence electrons. The van der Waals surface area contributed by atoms with Crippen LogP contribution in [0, 0.1) is 32.1 Å². The van der Waals surface area contributed by atoms with Gasteiger partial charge in [-0.25, -0.2) is 0 Å². The largest absolute Gasteiger partial charge is 0.489 e. The predicted octanol–water partition coefficient (Wildman–Crippen LogP) is 7.37. The van der Waals surface area contributed by atoms with Crippen molar-refractivity contribution in [2.75, 3.05) is 6.54 Å². The first-order valence-corrected chi connectivity index (χ1v) is 19.5. The molecule has 0 saturated heterocycles. The first kappa shape index (κ1) is 43.9. The maximum atomic E-state index is 11.0. The van der Waals surface area contributed by atoms with E-state index in [2.05, 4.69) is 48.4 Å². The molecule has 1 heterocycles. The fraction of sp³-hybridized carbons (Fsp3) is 0.319. The molecule has 59 heavy (non-hydrogen) atoms. The number of ether oxygens (including phenoxy) is 3. The average Bonchev–Trinajstić information content (AvgIpc) is 3.20. The van der Waals surface area contributed by atoms with E-state index < -0.39 is 24.1 Å². The van der Waals surface area contributed by atoms with Gasteiger partial charge in [-0.3, -0.25) is 14.6 Å². The van der Waals surface area contributed by atoms with E-state index in [1.807, 2.05) is 61.5 Å². The number of benzene rings is 4. The average molecular weight is 802 g/mol. The van der Waals surface area contributed by atoms with Crippen LogP contribution in [-0.2, 0) is 42.4 Å². The summed E-state index contributed by atoms with van der Waals surface area (Å²) in [5, 5.41) is 50.2. The third-order valence-corrected chi connectivity index (χ3v) is 10.1. The van der Waals surface area contributed by atoms with Crippen LogP contribution in [-0.4, -0.2) is 56.1 Å². The zero-order valence-corrected chi connectivity index (χ0v) is 33.6. The number of carboxylic acid groups (broad SMARTS) is 2. The second kappa shape index (κ2) is 21.5. The lowest BCUT2D eigenvalue weighted by molar-refractivity contribution is -0.140. The number of aliphatic hydroxyl groups is 2. The van der Waals surface area contributed by atoms with Gasteiger partial charge in [0, 0.05) is 42.7 Å². The Morgan fingerprint density at radius 2 is 1.36 bits per heavy atom. The van der Waals surface area contributed by atoms with Gasteiger partial charge in [0.2, 0.25) is 0 Å². The van der Waals surface area contributed by atoms with Gasteiger partial charge in [0.1, 0.15) is 43.1 Å². The van der Waals surface area contributed by atoms with E-state index in [4.69, 9.17) is 24.4 Å². The molecule has 0 aliphatic carbocycles. The summed E-state index contributed by atoms with van der Waals surface area (Å²) in [5.74, 6) is -0.166. The van der Waals surface area contributed by atoms with E-state index in [0.717, 1.165) is 67.8 Å². The van der Waals surface area contributed by atoms with Gasteiger partial charge >= 0.3 is 11.9 Å². The van der Waals surface area contributed by atoms with Gasteiger partial charge in [-0.1, -0.05) is 48.5 Å². The third-order valence-electron chi connectivity index (χ3n) is 10.1. The van der Waals surface area contributed by atoms with Gasteiger partial charge in [-0.2, -0.15) is 5.26 Å². The summed E-state index contributed by atoms with van der Waals surface area (Å²) in [6, 6.07) is 27.8. The summed E-state index contributed by atoms with van der Waals surface area (Å²) in [7, 11) is 0. The minimum Gasteiger partial charge on any atom is -0.489 e. The summed E-state index contributed by atoms with van der Waals surface area (Å²) in [5.41, 5.74) is 10.3.